The zero-order valence-electron chi connectivity index (χ0n) is 14.7. The molecule has 136 valence electrons. The van der Waals surface area contributed by atoms with E-state index in [1.54, 1.807) is 19.2 Å². The van der Waals surface area contributed by atoms with E-state index in [1.165, 1.54) is 14.2 Å². The van der Waals surface area contributed by atoms with E-state index in [4.69, 9.17) is 14.2 Å². The van der Waals surface area contributed by atoms with Crippen LogP contribution >= 0.6 is 12.4 Å². The molecule has 2 atom stereocenters. The highest BCUT2D eigenvalue weighted by atomic mass is 35.5. The Morgan fingerprint density at radius 3 is 2.46 bits per heavy atom. The standard InChI is InChI=1S/C17H26N2O4.ClH/c1-11(12-6-5-9-18-10-12)19-17(20)13-7-8-14(21-2)16(23-4)15(13)22-3;/h7-8,11-12,18H,5-6,9-10H2,1-4H3,(H,19,20);1H. The van der Waals surface area contributed by atoms with E-state index in [0.29, 0.717) is 28.7 Å². The Labute approximate surface area is 149 Å². The molecule has 0 spiro atoms. The fourth-order valence-electron chi connectivity index (χ4n) is 2.99. The van der Waals surface area contributed by atoms with E-state index in [9.17, 15) is 4.79 Å². The molecule has 0 saturated carbocycles. The maximum Gasteiger partial charge on any atom is 0.255 e. The van der Waals surface area contributed by atoms with Crippen molar-refractivity contribution >= 4 is 18.3 Å². The fraction of sp³-hybridized carbons (Fsp3) is 0.588. The lowest BCUT2D eigenvalue weighted by molar-refractivity contribution is 0.0918. The van der Waals surface area contributed by atoms with E-state index in [-0.39, 0.29) is 24.4 Å². The molecular weight excluding hydrogens is 332 g/mol. The second-order valence-corrected chi connectivity index (χ2v) is 5.75. The van der Waals surface area contributed by atoms with Gasteiger partial charge in [-0.2, -0.15) is 0 Å². The normalized spacial score (nSPS) is 18.1. The Hall–Kier alpha value is -1.66. The molecule has 1 aliphatic rings. The maximum absolute atomic E-state index is 12.6. The Balaban J connectivity index is 0.00000288. The van der Waals surface area contributed by atoms with E-state index in [1.807, 2.05) is 6.92 Å². The highest BCUT2D eigenvalue weighted by Crippen LogP contribution is 2.39. The summed E-state index contributed by atoms with van der Waals surface area (Å²) in [6, 6.07) is 3.50. The van der Waals surface area contributed by atoms with Crippen molar-refractivity contribution in [3.05, 3.63) is 17.7 Å². The first-order valence-corrected chi connectivity index (χ1v) is 7.92. The van der Waals surface area contributed by atoms with Gasteiger partial charge in [0, 0.05) is 6.04 Å². The molecule has 0 aromatic heterocycles. The first-order chi connectivity index (χ1) is 11.1. The van der Waals surface area contributed by atoms with Gasteiger partial charge >= 0.3 is 0 Å². The summed E-state index contributed by atoms with van der Waals surface area (Å²) in [5, 5.41) is 6.45. The summed E-state index contributed by atoms with van der Waals surface area (Å²) in [6.45, 7) is 4.04. The number of halogens is 1. The summed E-state index contributed by atoms with van der Waals surface area (Å²) in [4.78, 5) is 12.6. The van der Waals surface area contributed by atoms with Crippen molar-refractivity contribution in [1.82, 2.24) is 10.6 Å². The van der Waals surface area contributed by atoms with Gasteiger partial charge in [0.25, 0.3) is 5.91 Å². The van der Waals surface area contributed by atoms with Gasteiger partial charge in [0.15, 0.2) is 11.5 Å². The van der Waals surface area contributed by atoms with Crippen LogP contribution in [0.15, 0.2) is 12.1 Å². The Bertz CT molecular complexity index is 548. The van der Waals surface area contributed by atoms with Gasteiger partial charge in [-0.3, -0.25) is 4.79 Å². The van der Waals surface area contributed by atoms with Crippen LogP contribution in [0.2, 0.25) is 0 Å². The minimum atomic E-state index is -0.166. The second-order valence-electron chi connectivity index (χ2n) is 5.75. The quantitative estimate of drug-likeness (QED) is 0.816. The fourth-order valence-corrected chi connectivity index (χ4v) is 2.99. The molecule has 6 nitrogen and oxygen atoms in total. The van der Waals surface area contributed by atoms with E-state index in [2.05, 4.69) is 10.6 Å². The van der Waals surface area contributed by atoms with Crippen LogP contribution in [-0.2, 0) is 0 Å². The van der Waals surface area contributed by atoms with E-state index in [0.717, 1.165) is 25.9 Å². The zero-order valence-corrected chi connectivity index (χ0v) is 15.5. The third-order valence-corrected chi connectivity index (χ3v) is 4.35. The van der Waals surface area contributed by atoms with Gasteiger partial charge in [-0.1, -0.05) is 0 Å². The first kappa shape index (κ1) is 20.4. The molecule has 1 aromatic rings. The van der Waals surface area contributed by atoms with Crippen molar-refractivity contribution in [3.63, 3.8) is 0 Å². The number of benzene rings is 1. The van der Waals surface area contributed by atoms with Crippen molar-refractivity contribution in [2.45, 2.75) is 25.8 Å². The molecule has 1 heterocycles. The van der Waals surface area contributed by atoms with Crippen LogP contribution in [0.3, 0.4) is 0 Å². The highest BCUT2D eigenvalue weighted by molar-refractivity contribution is 5.98. The van der Waals surface area contributed by atoms with Crippen molar-refractivity contribution in [3.8, 4) is 17.2 Å². The molecule has 1 aliphatic heterocycles. The molecule has 1 fully saturated rings. The van der Waals surface area contributed by atoms with Crippen LogP contribution in [0.4, 0.5) is 0 Å². The molecule has 7 heteroatoms. The molecule has 0 radical (unpaired) electrons. The number of ether oxygens (including phenoxy) is 3. The largest absolute Gasteiger partial charge is 0.493 e. The summed E-state index contributed by atoms with van der Waals surface area (Å²) in [7, 11) is 4.59. The van der Waals surface area contributed by atoms with Crippen LogP contribution in [0, 0.1) is 5.92 Å². The van der Waals surface area contributed by atoms with Gasteiger partial charge in [-0.15, -0.1) is 12.4 Å². The van der Waals surface area contributed by atoms with Crippen molar-refractivity contribution in [2.75, 3.05) is 34.4 Å². The molecule has 0 bridgehead atoms. The number of amides is 1. The van der Waals surface area contributed by atoms with Crippen LogP contribution < -0.4 is 24.8 Å². The lowest BCUT2D eigenvalue weighted by atomic mass is 9.92. The third-order valence-electron chi connectivity index (χ3n) is 4.35. The highest BCUT2D eigenvalue weighted by Gasteiger charge is 2.25. The summed E-state index contributed by atoms with van der Waals surface area (Å²) in [6.07, 6.45) is 2.27. The molecule has 1 saturated heterocycles. The summed E-state index contributed by atoms with van der Waals surface area (Å²) >= 11 is 0. The average molecular weight is 359 g/mol. The summed E-state index contributed by atoms with van der Waals surface area (Å²) in [5.41, 5.74) is 0.445. The predicted octanol–water partition coefficient (Wildman–Crippen LogP) is 2.25. The number of rotatable bonds is 6. The molecule has 2 rings (SSSR count). The number of methoxy groups -OCH3 is 3. The van der Waals surface area contributed by atoms with Crippen molar-refractivity contribution < 1.29 is 19.0 Å². The van der Waals surface area contributed by atoms with Crippen LogP contribution in [0.1, 0.15) is 30.1 Å². The van der Waals surface area contributed by atoms with Crippen molar-refractivity contribution in [1.29, 1.82) is 0 Å². The van der Waals surface area contributed by atoms with Gasteiger partial charge < -0.3 is 24.8 Å². The minimum absolute atomic E-state index is 0. The Kier molecular flexibility index (Phi) is 8.15. The zero-order chi connectivity index (χ0) is 16.8. The Morgan fingerprint density at radius 2 is 1.92 bits per heavy atom. The molecular formula is C17H27ClN2O4. The van der Waals surface area contributed by atoms with Crippen LogP contribution in [-0.4, -0.2) is 46.4 Å². The molecule has 24 heavy (non-hydrogen) atoms. The summed E-state index contributed by atoms with van der Waals surface area (Å²) < 4.78 is 16.0. The van der Waals surface area contributed by atoms with Crippen LogP contribution in [0.5, 0.6) is 17.2 Å². The molecule has 1 aromatic carbocycles. The number of carbonyl (C=O) groups excluding carboxylic acids is 1. The number of piperidine rings is 1. The van der Waals surface area contributed by atoms with Crippen molar-refractivity contribution in [2.24, 2.45) is 5.92 Å². The molecule has 2 unspecified atom stereocenters. The number of hydrogen-bond donors (Lipinski definition) is 2. The molecule has 1 amide bonds. The van der Waals surface area contributed by atoms with Gasteiger partial charge in [-0.05, 0) is 50.9 Å². The third kappa shape index (κ3) is 4.45. The lowest BCUT2D eigenvalue weighted by Gasteiger charge is -2.29. The first-order valence-electron chi connectivity index (χ1n) is 7.92. The second kappa shape index (κ2) is 9.59. The average Bonchev–Trinajstić information content (AvgIpc) is 2.60. The molecule has 2 N–H and O–H groups in total. The van der Waals surface area contributed by atoms with Gasteiger partial charge in [0.2, 0.25) is 5.75 Å². The smallest absolute Gasteiger partial charge is 0.255 e. The van der Waals surface area contributed by atoms with E-state index < -0.39 is 0 Å². The lowest BCUT2D eigenvalue weighted by Crippen LogP contribution is -2.44. The van der Waals surface area contributed by atoms with E-state index >= 15 is 0 Å². The number of carbonyl (C=O) groups is 1. The maximum atomic E-state index is 12.6. The monoisotopic (exact) mass is 358 g/mol. The minimum Gasteiger partial charge on any atom is -0.493 e. The van der Waals surface area contributed by atoms with Gasteiger partial charge in [-0.25, -0.2) is 0 Å². The van der Waals surface area contributed by atoms with Crippen LogP contribution in [0.25, 0.3) is 0 Å². The Morgan fingerprint density at radius 1 is 1.21 bits per heavy atom. The SMILES string of the molecule is COc1ccc(C(=O)NC(C)C2CCCNC2)c(OC)c1OC.Cl. The molecule has 0 aliphatic carbocycles. The topological polar surface area (TPSA) is 68.8 Å². The predicted molar refractivity (Wildman–Crippen MR) is 95.9 cm³/mol. The number of nitrogens with one attached hydrogen (secondary N) is 2. The van der Waals surface area contributed by atoms with Gasteiger partial charge in [0.05, 0.1) is 26.9 Å². The summed E-state index contributed by atoms with van der Waals surface area (Å²) in [5.74, 6) is 1.62. The van der Waals surface area contributed by atoms with Gasteiger partial charge in [0.1, 0.15) is 0 Å². The number of hydrogen-bond acceptors (Lipinski definition) is 5.